The van der Waals surface area contributed by atoms with Gasteiger partial charge in [0.1, 0.15) is 0 Å². The van der Waals surface area contributed by atoms with Gasteiger partial charge in [0.2, 0.25) is 10.0 Å². The van der Waals surface area contributed by atoms with Gasteiger partial charge in [-0.25, -0.2) is 8.42 Å². The molecular weight excluding hydrogens is 270 g/mol. The fourth-order valence-electron chi connectivity index (χ4n) is 4.34. The van der Waals surface area contributed by atoms with Crippen LogP contribution in [0.15, 0.2) is 0 Å². The van der Waals surface area contributed by atoms with Crippen molar-refractivity contribution in [1.82, 2.24) is 4.31 Å². The molecule has 0 spiro atoms. The van der Waals surface area contributed by atoms with Crippen LogP contribution in [0.3, 0.4) is 0 Å². The quantitative estimate of drug-likeness (QED) is 0.781. The van der Waals surface area contributed by atoms with Gasteiger partial charge in [0.05, 0.1) is 17.4 Å². The fourth-order valence-corrected chi connectivity index (χ4v) is 9.42. The molecule has 1 aliphatic carbocycles. The standard InChI is InChI=1S/C12H19NO3S2/c14-11-8-6-9-12(17-8)10(11)13(18(9,15)16)7-4-2-1-3-5-7/h7-12,14H,1-6H2. The van der Waals surface area contributed by atoms with Crippen LogP contribution >= 0.6 is 11.8 Å². The summed E-state index contributed by atoms with van der Waals surface area (Å²) in [6, 6.07) is 0.0419. The zero-order chi connectivity index (χ0) is 12.5. The summed E-state index contributed by atoms with van der Waals surface area (Å²) in [6.45, 7) is 0. The van der Waals surface area contributed by atoms with Gasteiger partial charge < -0.3 is 5.11 Å². The molecule has 1 saturated carbocycles. The molecule has 0 aromatic carbocycles. The van der Waals surface area contributed by atoms with Gasteiger partial charge in [-0.05, 0) is 19.3 Å². The van der Waals surface area contributed by atoms with Crippen molar-refractivity contribution < 1.29 is 13.5 Å². The largest absolute Gasteiger partial charge is 0.390 e. The highest BCUT2D eigenvalue weighted by molar-refractivity contribution is 8.03. The van der Waals surface area contributed by atoms with E-state index < -0.39 is 16.1 Å². The number of hydrogen-bond donors (Lipinski definition) is 1. The van der Waals surface area contributed by atoms with Crippen molar-refractivity contribution in [3.05, 3.63) is 0 Å². The number of aliphatic hydroxyl groups excluding tert-OH is 1. The summed E-state index contributed by atoms with van der Waals surface area (Å²) in [7, 11) is -3.15. The summed E-state index contributed by atoms with van der Waals surface area (Å²) in [5, 5.41) is 10.4. The van der Waals surface area contributed by atoms with Crippen LogP contribution in [0.1, 0.15) is 38.5 Å². The zero-order valence-corrected chi connectivity index (χ0v) is 11.9. The van der Waals surface area contributed by atoms with E-state index in [9.17, 15) is 13.5 Å². The average Bonchev–Trinajstić information content (AvgIpc) is 2.95. The topological polar surface area (TPSA) is 57.6 Å². The lowest BCUT2D eigenvalue weighted by atomic mass is 9.89. The third-order valence-corrected chi connectivity index (χ3v) is 9.43. The number of fused-ring (bicyclic) bond motifs is 1. The van der Waals surface area contributed by atoms with E-state index in [2.05, 4.69) is 0 Å². The van der Waals surface area contributed by atoms with Crippen molar-refractivity contribution in [3.63, 3.8) is 0 Å². The summed E-state index contributed by atoms with van der Waals surface area (Å²) in [5.74, 6) is 0. The number of nitrogens with zero attached hydrogens (tertiary/aromatic N) is 1. The van der Waals surface area contributed by atoms with E-state index in [1.165, 1.54) is 6.42 Å². The molecule has 3 aliphatic heterocycles. The van der Waals surface area contributed by atoms with Crippen LogP contribution in [0.25, 0.3) is 0 Å². The van der Waals surface area contributed by atoms with E-state index in [4.69, 9.17) is 0 Å². The van der Waals surface area contributed by atoms with Crippen molar-refractivity contribution in [2.24, 2.45) is 0 Å². The summed E-state index contributed by atoms with van der Waals surface area (Å²) in [6.07, 6.45) is 5.68. The monoisotopic (exact) mass is 289 g/mol. The lowest BCUT2D eigenvalue weighted by Gasteiger charge is -2.34. The Labute approximate surface area is 112 Å². The molecule has 4 fully saturated rings. The second-order valence-electron chi connectivity index (χ2n) is 6.06. The van der Waals surface area contributed by atoms with E-state index in [1.807, 2.05) is 0 Å². The van der Waals surface area contributed by atoms with Gasteiger partial charge in [-0.3, -0.25) is 0 Å². The number of rotatable bonds is 1. The summed E-state index contributed by atoms with van der Waals surface area (Å²) in [5.41, 5.74) is 0. The molecule has 4 aliphatic rings. The Morgan fingerprint density at radius 3 is 2.56 bits per heavy atom. The SMILES string of the molecule is O=S1(=O)C2CC3SC2C(C3O)N1C1CCCCC1. The van der Waals surface area contributed by atoms with Crippen LogP contribution < -0.4 is 0 Å². The maximum absolute atomic E-state index is 12.7. The van der Waals surface area contributed by atoms with Crippen molar-refractivity contribution in [1.29, 1.82) is 0 Å². The van der Waals surface area contributed by atoms with Crippen LogP contribution in [0.2, 0.25) is 0 Å². The van der Waals surface area contributed by atoms with E-state index in [0.29, 0.717) is 6.42 Å². The number of aliphatic hydroxyl groups is 1. The molecule has 2 bridgehead atoms. The average molecular weight is 289 g/mol. The Hall–Kier alpha value is 0.220. The van der Waals surface area contributed by atoms with Crippen LogP contribution in [0.5, 0.6) is 0 Å². The first-order valence-corrected chi connectivity index (χ1v) is 9.41. The van der Waals surface area contributed by atoms with Gasteiger partial charge in [-0.1, -0.05) is 19.3 Å². The Balaban J connectivity index is 1.73. The summed E-state index contributed by atoms with van der Waals surface area (Å²) in [4.78, 5) is 0. The molecular formula is C12H19NO3S2. The normalized spacial score (nSPS) is 51.1. The molecule has 1 N–H and O–H groups in total. The molecule has 3 saturated heterocycles. The Morgan fingerprint density at radius 1 is 1.17 bits per heavy atom. The lowest BCUT2D eigenvalue weighted by molar-refractivity contribution is 0.0724. The fraction of sp³-hybridized carbons (Fsp3) is 1.00. The van der Waals surface area contributed by atoms with Gasteiger partial charge in [0.25, 0.3) is 0 Å². The number of hydrogen-bond acceptors (Lipinski definition) is 4. The van der Waals surface area contributed by atoms with Gasteiger partial charge in [-0.15, -0.1) is 11.8 Å². The molecule has 0 amide bonds. The summed E-state index contributed by atoms with van der Waals surface area (Å²) < 4.78 is 27.1. The van der Waals surface area contributed by atoms with Crippen LogP contribution in [0.4, 0.5) is 0 Å². The van der Waals surface area contributed by atoms with E-state index in [1.54, 1.807) is 16.1 Å². The smallest absolute Gasteiger partial charge is 0.218 e. The Bertz CT molecular complexity index is 460. The van der Waals surface area contributed by atoms with Gasteiger partial charge in [-0.2, -0.15) is 4.31 Å². The first-order chi connectivity index (χ1) is 8.60. The molecule has 5 unspecified atom stereocenters. The van der Waals surface area contributed by atoms with Crippen molar-refractivity contribution >= 4 is 21.8 Å². The van der Waals surface area contributed by atoms with E-state index in [0.717, 1.165) is 25.7 Å². The predicted molar refractivity (Wildman–Crippen MR) is 71.0 cm³/mol. The van der Waals surface area contributed by atoms with Gasteiger partial charge in [0, 0.05) is 16.5 Å². The molecule has 102 valence electrons. The second kappa shape index (κ2) is 3.87. The molecule has 3 heterocycles. The molecule has 4 nitrogen and oxygen atoms in total. The van der Waals surface area contributed by atoms with Crippen molar-refractivity contribution in [2.75, 3.05) is 0 Å². The minimum Gasteiger partial charge on any atom is -0.390 e. The highest BCUT2D eigenvalue weighted by atomic mass is 32.2. The second-order valence-corrected chi connectivity index (χ2v) is 9.54. The lowest BCUT2D eigenvalue weighted by Crippen LogP contribution is -2.49. The van der Waals surface area contributed by atoms with Crippen molar-refractivity contribution in [2.45, 2.75) is 72.5 Å². The molecule has 6 heteroatoms. The number of thioether (sulfide) groups is 1. The minimum absolute atomic E-state index is 0.119. The maximum Gasteiger partial charge on any atom is 0.218 e. The van der Waals surface area contributed by atoms with E-state index in [-0.39, 0.29) is 27.8 Å². The third-order valence-electron chi connectivity index (χ3n) is 5.14. The minimum atomic E-state index is -3.15. The molecule has 0 aromatic rings. The highest BCUT2D eigenvalue weighted by Gasteiger charge is 2.67. The highest BCUT2D eigenvalue weighted by Crippen LogP contribution is 2.57. The molecule has 0 radical (unpaired) electrons. The first kappa shape index (κ1) is 12.0. The predicted octanol–water partition coefficient (Wildman–Crippen LogP) is 0.950. The molecule has 5 atom stereocenters. The molecule has 0 aromatic heterocycles. The van der Waals surface area contributed by atoms with E-state index >= 15 is 0 Å². The van der Waals surface area contributed by atoms with Crippen LogP contribution in [0, 0.1) is 0 Å². The van der Waals surface area contributed by atoms with Crippen LogP contribution in [-0.4, -0.2) is 51.8 Å². The zero-order valence-electron chi connectivity index (χ0n) is 10.2. The molecule has 4 rings (SSSR count). The first-order valence-electron chi connectivity index (χ1n) is 6.96. The molecule has 18 heavy (non-hydrogen) atoms. The van der Waals surface area contributed by atoms with Crippen molar-refractivity contribution in [3.8, 4) is 0 Å². The van der Waals surface area contributed by atoms with Gasteiger partial charge in [0.15, 0.2) is 0 Å². The van der Waals surface area contributed by atoms with Crippen LogP contribution in [-0.2, 0) is 10.0 Å². The third kappa shape index (κ3) is 1.38. The summed E-state index contributed by atoms with van der Waals surface area (Å²) >= 11 is 1.72. The Kier molecular flexibility index (Phi) is 2.58. The number of sulfonamides is 1. The Morgan fingerprint density at radius 2 is 1.89 bits per heavy atom. The maximum atomic E-state index is 12.7. The van der Waals surface area contributed by atoms with Gasteiger partial charge >= 0.3 is 0 Å².